The minimum Gasteiger partial charge on any atom is -0.388 e. The molecule has 0 heterocycles. The maximum atomic E-state index is 10.6. The van der Waals surface area contributed by atoms with E-state index in [4.69, 9.17) is 20.4 Å². The highest BCUT2D eigenvalue weighted by Crippen LogP contribution is 2.01. The molecule has 0 fully saturated rings. The van der Waals surface area contributed by atoms with Gasteiger partial charge in [-0.3, -0.25) is 4.79 Å². The maximum Gasteiger partial charge on any atom is 0.189 e. The van der Waals surface area contributed by atoms with Gasteiger partial charge in [0, 0.05) is 0 Å². The Hall–Kier alpha value is -0.750. The first kappa shape index (κ1) is 11.2. The Bertz CT molecular complexity index is 167. The fourth-order valence-electron chi connectivity index (χ4n) is 0.610. The Morgan fingerprint density at radius 1 is 1.42 bits per heavy atom. The van der Waals surface area contributed by atoms with Gasteiger partial charge < -0.3 is 20.4 Å². The molecule has 0 bridgehead atoms. The molecule has 4 N–H and O–H groups in total. The van der Waals surface area contributed by atoms with Gasteiger partial charge in [0.05, 0.1) is 0 Å². The Kier molecular flexibility index (Phi) is 4.68. The second-order valence-corrected chi connectivity index (χ2v) is 2.29. The highest BCUT2D eigenvalue weighted by atomic mass is 16.4. The topological polar surface area (TPSA) is 98.0 Å². The van der Waals surface area contributed by atoms with Gasteiger partial charge in [-0.2, -0.15) is 0 Å². The van der Waals surface area contributed by atoms with Crippen LogP contribution in [0.5, 0.6) is 0 Å². The molecule has 0 aliphatic carbocycles. The number of aliphatic hydroxyl groups excluding tert-OH is 4. The zero-order valence-corrected chi connectivity index (χ0v) is 6.42. The Morgan fingerprint density at radius 2 is 1.92 bits per heavy atom. The molecule has 5 nitrogen and oxygen atoms in total. The van der Waals surface area contributed by atoms with E-state index in [-0.39, 0.29) is 0 Å². The van der Waals surface area contributed by atoms with Gasteiger partial charge in [-0.05, 0) is 0 Å². The number of carbonyl (C=O) groups excluding carboxylic acids is 1. The molecule has 70 valence electrons. The van der Waals surface area contributed by atoms with Crippen LogP contribution in [-0.2, 0) is 4.79 Å². The number of rotatable bonds is 5. The first-order valence-corrected chi connectivity index (χ1v) is 3.35. The summed E-state index contributed by atoms with van der Waals surface area (Å²) in [5, 5.41) is 35.1. The van der Waals surface area contributed by atoms with Gasteiger partial charge >= 0.3 is 0 Å². The van der Waals surface area contributed by atoms with Crippen LogP contribution in [0.1, 0.15) is 0 Å². The van der Waals surface area contributed by atoms with Gasteiger partial charge in [0.2, 0.25) is 0 Å². The molecule has 0 saturated carbocycles. The normalized spacial score (nSPS) is 18.0. The van der Waals surface area contributed by atoms with Crippen LogP contribution in [0.25, 0.3) is 0 Å². The molecule has 0 aliphatic rings. The number of Topliss-reactive ketones (excluding diaryl/α,β-unsaturated/α-hetero) is 1. The van der Waals surface area contributed by atoms with E-state index in [9.17, 15) is 4.79 Å². The highest BCUT2D eigenvalue weighted by molar-refractivity contribution is 5.84. The summed E-state index contributed by atoms with van der Waals surface area (Å²) in [7, 11) is 0. The van der Waals surface area contributed by atoms with E-state index < -0.39 is 30.7 Å². The second-order valence-electron chi connectivity index (χ2n) is 2.29. The van der Waals surface area contributed by atoms with Gasteiger partial charge in [-0.1, -0.05) is 6.08 Å². The van der Waals surface area contributed by atoms with Crippen LogP contribution in [0.4, 0.5) is 0 Å². The van der Waals surface area contributed by atoms with E-state index in [1.807, 2.05) is 0 Å². The number of hydrogen-bond acceptors (Lipinski definition) is 5. The zero-order chi connectivity index (χ0) is 9.72. The largest absolute Gasteiger partial charge is 0.388 e. The van der Waals surface area contributed by atoms with Gasteiger partial charge in [-0.25, -0.2) is 0 Å². The van der Waals surface area contributed by atoms with E-state index >= 15 is 0 Å². The summed E-state index contributed by atoms with van der Waals surface area (Å²) in [6.45, 7) is 2.28. The Balaban J connectivity index is 4.17. The third-order valence-corrected chi connectivity index (χ3v) is 1.40. The van der Waals surface area contributed by atoms with Crippen LogP contribution in [0, 0.1) is 0 Å². The van der Waals surface area contributed by atoms with Crippen molar-refractivity contribution in [1.82, 2.24) is 0 Å². The number of ketones is 1. The van der Waals surface area contributed by atoms with Crippen molar-refractivity contribution in [2.75, 3.05) is 6.61 Å². The molecule has 0 aromatic rings. The number of aliphatic hydroxyl groups is 4. The molecule has 0 amide bonds. The van der Waals surface area contributed by atoms with Crippen molar-refractivity contribution in [2.24, 2.45) is 0 Å². The fourth-order valence-corrected chi connectivity index (χ4v) is 0.610. The summed E-state index contributed by atoms with van der Waals surface area (Å²) < 4.78 is 0. The minimum absolute atomic E-state index is 0.873. The van der Waals surface area contributed by atoms with Crippen molar-refractivity contribution in [3.8, 4) is 0 Å². The van der Waals surface area contributed by atoms with Gasteiger partial charge in [-0.15, -0.1) is 6.58 Å². The number of carbonyl (C=O) groups is 1. The molecule has 5 heteroatoms. The molecule has 3 atom stereocenters. The SMILES string of the molecule is C=C[C@H](O)[C@@H](O)[C@H](O)C(=O)CO. The molecule has 0 saturated heterocycles. The molecule has 0 aliphatic heterocycles. The monoisotopic (exact) mass is 176 g/mol. The summed E-state index contributed by atoms with van der Waals surface area (Å²) in [4.78, 5) is 10.6. The molecule has 0 spiro atoms. The molecule has 0 rings (SSSR count). The molecule has 12 heavy (non-hydrogen) atoms. The summed E-state index contributed by atoms with van der Waals surface area (Å²) in [5.41, 5.74) is 0. The van der Waals surface area contributed by atoms with Crippen molar-refractivity contribution in [3.05, 3.63) is 12.7 Å². The molecular formula is C7H12O5. The highest BCUT2D eigenvalue weighted by Gasteiger charge is 2.27. The molecular weight excluding hydrogens is 164 g/mol. The van der Waals surface area contributed by atoms with Crippen LogP contribution in [0.3, 0.4) is 0 Å². The minimum atomic E-state index is -1.78. The van der Waals surface area contributed by atoms with Crippen molar-refractivity contribution in [1.29, 1.82) is 0 Å². The summed E-state index contributed by atoms with van der Waals surface area (Å²) in [5.74, 6) is -0.941. The predicted molar refractivity (Wildman–Crippen MR) is 40.3 cm³/mol. The van der Waals surface area contributed by atoms with Crippen LogP contribution in [-0.4, -0.2) is 51.1 Å². The molecule has 0 unspecified atom stereocenters. The van der Waals surface area contributed by atoms with Crippen LogP contribution >= 0.6 is 0 Å². The maximum absolute atomic E-state index is 10.6. The molecule has 0 aromatic carbocycles. The average molecular weight is 176 g/mol. The first-order valence-electron chi connectivity index (χ1n) is 3.35. The smallest absolute Gasteiger partial charge is 0.189 e. The quantitative estimate of drug-likeness (QED) is 0.357. The van der Waals surface area contributed by atoms with E-state index in [0.717, 1.165) is 6.08 Å². The van der Waals surface area contributed by atoms with Crippen LogP contribution < -0.4 is 0 Å². The van der Waals surface area contributed by atoms with Gasteiger partial charge in [0.15, 0.2) is 5.78 Å². The van der Waals surface area contributed by atoms with Crippen molar-refractivity contribution >= 4 is 5.78 Å². The third-order valence-electron chi connectivity index (χ3n) is 1.40. The number of hydrogen-bond donors (Lipinski definition) is 4. The third kappa shape index (κ3) is 2.71. The lowest BCUT2D eigenvalue weighted by Gasteiger charge is -2.18. The summed E-state index contributed by atoms with van der Waals surface area (Å²) in [6, 6.07) is 0. The van der Waals surface area contributed by atoms with E-state index in [1.54, 1.807) is 0 Å². The molecule has 0 radical (unpaired) electrons. The average Bonchev–Trinajstić information content (AvgIpc) is 2.12. The predicted octanol–water partition coefficient (Wildman–Crippen LogP) is -2.18. The molecule has 0 aromatic heterocycles. The Labute approximate surface area is 69.6 Å². The Morgan fingerprint density at radius 3 is 2.25 bits per heavy atom. The van der Waals surface area contributed by atoms with E-state index in [2.05, 4.69) is 6.58 Å². The van der Waals surface area contributed by atoms with Gasteiger partial charge in [0.1, 0.15) is 24.9 Å². The lowest BCUT2D eigenvalue weighted by atomic mass is 10.1. The van der Waals surface area contributed by atoms with Crippen molar-refractivity contribution < 1.29 is 25.2 Å². The van der Waals surface area contributed by atoms with E-state index in [1.165, 1.54) is 0 Å². The van der Waals surface area contributed by atoms with Crippen molar-refractivity contribution in [2.45, 2.75) is 18.3 Å². The van der Waals surface area contributed by atoms with Crippen molar-refractivity contribution in [3.63, 3.8) is 0 Å². The van der Waals surface area contributed by atoms with Gasteiger partial charge in [0.25, 0.3) is 0 Å². The standard InChI is InChI=1S/C7H12O5/c1-2-4(9)6(11)7(12)5(10)3-8/h2,4,6-9,11-12H,1,3H2/t4-,6+,7+/m0/s1. The fraction of sp³-hybridized carbons (Fsp3) is 0.571. The van der Waals surface area contributed by atoms with Crippen LogP contribution in [0.2, 0.25) is 0 Å². The first-order chi connectivity index (χ1) is 5.54. The summed E-state index contributed by atoms with van der Waals surface area (Å²) >= 11 is 0. The lowest BCUT2D eigenvalue weighted by Crippen LogP contribution is -2.42. The summed E-state index contributed by atoms with van der Waals surface area (Å²) in [6.07, 6.45) is -3.81. The van der Waals surface area contributed by atoms with E-state index in [0.29, 0.717) is 0 Å². The zero-order valence-electron chi connectivity index (χ0n) is 6.42. The lowest BCUT2D eigenvalue weighted by molar-refractivity contribution is -0.139. The van der Waals surface area contributed by atoms with Crippen LogP contribution in [0.15, 0.2) is 12.7 Å². The second kappa shape index (κ2) is 5.00.